The Kier molecular flexibility index (Phi) is 5.78. The van der Waals surface area contributed by atoms with E-state index >= 15 is 0 Å². The molecule has 1 saturated carbocycles. The third kappa shape index (κ3) is 4.53. The second kappa shape index (κ2) is 8.40. The molecule has 0 aromatic carbocycles. The summed E-state index contributed by atoms with van der Waals surface area (Å²) in [6, 6.07) is 4.88. The van der Waals surface area contributed by atoms with E-state index in [9.17, 15) is 26.7 Å². The van der Waals surface area contributed by atoms with E-state index in [0.29, 0.717) is 37.1 Å². The summed E-state index contributed by atoms with van der Waals surface area (Å²) in [5, 5.41) is 9.35. The van der Waals surface area contributed by atoms with E-state index in [1.54, 1.807) is 22.6 Å². The van der Waals surface area contributed by atoms with Gasteiger partial charge in [0.2, 0.25) is 0 Å². The van der Waals surface area contributed by atoms with Crippen LogP contribution in [-0.4, -0.2) is 37.2 Å². The van der Waals surface area contributed by atoms with E-state index < -0.39 is 29.8 Å². The third-order valence-electron chi connectivity index (χ3n) is 5.49. The van der Waals surface area contributed by atoms with Gasteiger partial charge in [0.1, 0.15) is 17.2 Å². The molecule has 32 heavy (non-hydrogen) atoms. The maximum absolute atomic E-state index is 13.1. The first-order valence-corrected chi connectivity index (χ1v) is 10.1. The number of pyridine rings is 1. The lowest BCUT2D eigenvalue weighted by Crippen LogP contribution is -2.40. The Morgan fingerprint density at radius 3 is 2.47 bits per heavy atom. The van der Waals surface area contributed by atoms with Gasteiger partial charge in [-0.1, -0.05) is 6.07 Å². The van der Waals surface area contributed by atoms with Crippen LogP contribution in [0.15, 0.2) is 30.6 Å². The fourth-order valence-electron chi connectivity index (χ4n) is 3.97. The largest absolute Gasteiger partial charge is 0.435 e. The summed E-state index contributed by atoms with van der Waals surface area (Å²) in [7, 11) is 1.33. The first-order valence-electron chi connectivity index (χ1n) is 10.1. The van der Waals surface area contributed by atoms with Gasteiger partial charge < -0.3 is 10.6 Å². The number of hydrogen-bond acceptors (Lipinski definition) is 4. The molecule has 1 amide bonds. The van der Waals surface area contributed by atoms with E-state index in [0.717, 1.165) is 10.9 Å². The smallest absolute Gasteiger partial charge is 0.368 e. The van der Waals surface area contributed by atoms with Crippen LogP contribution in [0.25, 0.3) is 5.65 Å². The number of amides is 1. The predicted octanol–water partition coefficient (Wildman–Crippen LogP) is 4.18. The molecule has 12 heteroatoms. The molecule has 0 radical (unpaired) electrons. The number of alkyl halides is 5. The quantitative estimate of drug-likeness (QED) is 0.565. The van der Waals surface area contributed by atoms with E-state index in [1.807, 2.05) is 0 Å². The molecule has 0 bridgehead atoms. The van der Waals surface area contributed by atoms with Gasteiger partial charge in [0.25, 0.3) is 12.3 Å². The van der Waals surface area contributed by atoms with Gasteiger partial charge in [0.15, 0.2) is 5.69 Å². The number of rotatable bonds is 5. The van der Waals surface area contributed by atoms with Gasteiger partial charge in [0, 0.05) is 31.5 Å². The van der Waals surface area contributed by atoms with E-state index in [-0.39, 0.29) is 17.8 Å². The molecular weight excluding hydrogens is 435 g/mol. The zero-order valence-corrected chi connectivity index (χ0v) is 17.0. The Bertz CT molecular complexity index is 1110. The van der Waals surface area contributed by atoms with Crippen LogP contribution in [-0.2, 0) is 13.2 Å². The summed E-state index contributed by atoms with van der Waals surface area (Å²) in [4.78, 5) is 16.3. The minimum atomic E-state index is -4.71. The number of anilines is 1. The topological polar surface area (TPSA) is 76.2 Å². The first kappa shape index (κ1) is 22.0. The Morgan fingerprint density at radius 2 is 1.81 bits per heavy atom. The standard InChI is InChI=1S/C20H21F5N6O/c1-30-9-13(17(29-30)20(23,24)25)19(32)27-12-7-5-11(6-8-12)26-15-3-2-4-16-28-14(18(21)22)10-31(15)16/h2-4,9-12,18,26H,5-8H2,1H3,(H,27,32)/t11-,12+. The van der Waals surface area contributed by atoms with Gasteiger partial charge in [-0.05, 0) is 37.8 Å². The van der Waals surface area contributed by atoms with Gasteiger partial charge in [-0.3, -0.25) is 13.9 Å². The Labute approximate surface area is 179 Å². The molecule has 7 nitrogen and oxygen atoms in total. The molecule has 4 rings (SSSR count). The number of carbonyl (C=O) groups excluding carboxylic acids is 1. The SMILES string of the molecule is Cn1cc(C(=O)N[C@H]2CC[C@@H](Nc3cccc4nc(C(F)F)cn34)CC2)c(C(F)(F)F)n1. The molecule has 3 heterocycles. The van der Waals surface area contributed by atoms with Crippen LogP contribution in [0.5, 0.6) is 0 Å². The Balaban J connectivity index is 1.37. The third-order valence-corrected chi connectivity index (χ3v) is 5.49. The number of imidazole rings is 1. The van der Waals surface area contributed by atoms with Gasteiger partial charge in [-0.25, -0.2) is 13.8 Å². The zero-order valence-electron chi connectivity index (χ0n) is 17.0. The van der Waals surface area contributed by atoms with Crippen molar-refractivity contribution in [3.8, 4) is 0 Å². The molecule has 0 unspecified atom stereocenters. The van der Waals surface area contributed by atoms with Crippen molar-refractivity contribution in [2.45, 2.75) is 50.4 Å². The average molecular weight is 456 g/mol. The highest BCUT2D eigenvalue weighted by Crippen LogP contribution is 2.31. The second-order valence-corrected chi connectivity index (χ2v) is 7.83. The summed E-state index contributed by atoms with van der Waals surface area (Å²) in [5.74, 6) is -0.177. The van der Waals surface area contributed by atoms with E-state index in [4.69, 9.17) is 0 Å². The second-order valence-electron chi connectivity index (χ2n) is 7.83. The zero-order chi connectivity index (χ0) is 23.0. The molecule has 3 aromatic rings. The van der Waals surface area contributed by atoms with Crippen LogP contribution in [0.1, 0.15) is 53.9 Å². The number of nitrogens with one attached hydrogen (secondary N) is 2. The number of halogens is 5. The van der Waals surface area contributed by atoms with Crippen LogP contribution < -0.4 is 10.6 Å². The molecule has 1 fully saturated rings. The van der Waals surface area contributed by atoms with Gasteiger partial charge in [0.05, 0.1) is 5.56 Å². The van der Waals surface area contributed by atoms with Crippen molar-refractivity contribution in [2.24, 2.45) is 7.05 Å². The fraction of sp³-hybridized carbons (Fsp3) is 0.450. The maximum Gasteiger partial charge on any atom is 0.435 e. The highest BCUT2D eigenvalue weighted by Gasteiger charge is 2.39. The summed E-state index contributed by atoms with van der Waals surface area (Å²) >= 11 is 0. The number of nitrogens with zero attached hydrogens (tertiary/aromatic N) is 4. The molecule has 1 aliphatic rings. The van der Waals surface area contributed by atoms with Gasteiger partial charge >= 0.3 is 6.18 Å². The lowest BCUT2D eigenvalue weighted by atomic mass is 9.91. The van der Waals surface area contributed by atoms with Gasteiger partial charge in [-0.15, -0.1) is 0 Å². The van der Waals surface area contributed by atoms with Crippen LogP contribution >= 0.6 is 0 Å². The van der Waals surface area contributed by atoms with Gasteiger partial charge in [-0.2, -0.15) is 18.3 Å². The Morgan fingerprint density at radius 1 is 1.12 bits per heavy atom. The summed E-state index contributed by atoms with van der Waals surface area (Å²) in [6.07, 6.45) is -2.60. The van der Waals surface area contributed by atoms with Crippen molar-refractivity contribution in [2.75, 3.05) is 5.32 Å². The lowest BCUT2D eigenvalue weighted by Gasteiger charge is -2.30. The van der Waals surface area contributed by atoms with Crippen LogP contribution in [0, 0.1) is 0 Å². The number of fused-ring (bicyclic) bond motifs is 1. The average Bonchev–Trinajstić information content (AvgIpc) is 3.34. The predicted molar refractivity (Wildman–Crippen MR) is 105 cm³/mol. The minimum absolute atomic E-state index is 0.0234. The molecule has 0 aliphatic heterocycles. The van der Waals surface area contributed by atoms with Crippen molar-refractivity contribution in [1.82, 2.24) is 24.5 Å². The maximum atomic E-state index is 13.1. The van der Waals surface area contributed by atoms with Crippen LogP contribution in [0.4, 0.5) is 27.8 Å². The van der Waals surface area contributed by atoms with E-state index in [1.165, 1.54) is 13.2 Å². The van der Waals surface area contributed by atoms with Crippen molar-refractivity contribution < 1.29 is 26.7 Å². The summed E-state index contributed by atoms with van der Waals surface area (Å²) in [5.41, 5.74) is -1.60. The highest BCUT2D eigenvalue weighted by molar-refractivity contribution is 5.95. The van der Waals surface area contributed by atoms with Crippen LogP contribution in [0.3, 0.4) is 0 Å². The highest BCUT2D eigenvalue weighted by atomic mass is 19.4. The van der Waals surface area contributed by atoms with Crippen molar-refractivity contribution in [3.05, 3.63) is 47.5 Å². The van der Waals surface area contributed by atoms with Crippen molar-refractivity contribution in [3.63, 3.8) is 0 Å². The Hall–Kier alpha value is -3.18. The fourth-order valence-corrected chi connectivity index (χ4v) is 3.97. The first-order chi connectivity index (χ1) is 15.1. The molecule has 0 saturated heterocycles. The lowest BCUT2D eigenvalue weighted by molar-refractivity contribution is -0.141. The normalized spacial score (nSPS) is 19.5. The monoisotopic (exact) mass is 456 g/mol. The molecule has 172 valence electrons. The minimum Gasteiger partial charge on any atom is -0.368 e. The van der Waals surface area contributed by atoms with Crippen molar-refractivity contribution >= 4 is 17.4 Å². The molecule has 0 spiro atoms. The molecule has 1 aliphatic carbocycles. The molecule has 0 atom stereocenters. The number of carbonyl (C=O) groups is 1. The summed E-state index contributed by atoms with van der Waals surface area (Å²) < 4.78 is 67.8. The summed E-state index contributed by atoms with van der Waals surface area (Å²) in [6.45, 7) is 0. The number of aryl methyl sites for hydroxylation is 1. The molecule has 2 N–H and O–H groups in total. The van der Waals surface area contributed by atoms with Crippen LogP contribution in [0.2, 0.25) is 0 Å². The molecular formula is C20H21F5N6O. The van der Waals surface area contributed by atoms with Crippen molar-refractivity contribution in [1.29, 1.82) is 0 Å². The number of hydrogen-bond donors (Lipinski definition) is 2. The number of aromatic nitrogens is 4. The van der Waals surface area contributed by atoms with E-state index in [2.05, 4.69) is 20.7 Å². The molecule has 3 aromatic heterocycles.